The summed E-state index contributed by atoms with van der Waals surface area (Å²) in [5.74, 6) is -1.12. The van der Waals surface area contributed by atoms with Crippen LogP contribution in [0.15, 0.2) is 43.0 Å². The zero-order valence-electron chi connectivity index (χ0n) is 13.2. The first-order valence-electron chi connectivity index (χ1n) is 7.96. The number of hydroxylamine groups is 2. The maximum atomic E-state index is 12.0. The van der Waals surface area contributed by atoms with Crippen LogP contribution in [-0.4, -0.2) is 35.2 Å². The smallest absolute Gasteiger partial charge is 0.357 e. The van der Waals surface area contributed by atoms with E-state index in [2.05, 4.69) is 6.58 Å². The number of piperidine rings is 1. The maximum Gasteiger partial charge on any atom is 0.357 e. The number of hydrogen-bond donors (Lipinski definition) is 1. The van der Waals surface area contributed by atoms with Gasteiger partial charge in [-0.2, -0.15) is 0 Å². The number of aliphatic carboxylic acids is 1. The second kappa shape index (κ2) is 8.48. The number of benzene rings is 1. The molecule has 0 radical (unpaired) electrons. The number of rotatable bonds is 7. The molecule has 0 spiro atoms. The molecule has 1 unspecified atom stereocenters. The summed E-state index contributed by atoms with van der Waals surface area (Å²) >= 11 is 0. The second-order valence-corrected chi connectivity index (χ2v) is 5.91. The highest BCUT2D eigenvalue weighted by atomic mass is 16.7. The summed E-state index contributed by atoms with van der Waals surface area (Å²) in [6, 6.07) is 8.90. The summed E-state index contributed by atoms with van der Waals surface area (Å²) in [6.07, 6.45) is 4.49. The molecule has 1 saturated heterocycles. The predicted octanol–water partition coefficient (Wildman–Crippen LogP) is 3.14. The van der Waals surface area contributed by atoms with E-state index in [0.29, 0.717) is 37.4 Å². The van der Waals surface area contributed by atoms with Crippen molar-refractivity contribution >= 4 is 11.9 Å². The van der Waals surface area contributed by atoms with Gasteiger partial charge in [0.25, 0.3) is 0 Å². The first-order valence-corrected chi connectivity index (χ1v) is 7.96. The lowest BCUT2D eigenvalue weighted by Crippen LogP contribution is -2.36. The third-order valence-electron chi connectivity index (χ3n) is 4.21. The molecule has 0 aliphatic carbocycles. The minimum Gasteiger partial charge on any atom is -0.481 e. The molecule has 1 fully saturated rings. The molecule has 23 heavy (non-hydrogen) atoms. The van der Waals surface area contributed by atoms with Gasteiger partial charge in [0.05, 0.1) is 11.5 Å². The van der Waals surface area contributed by atoms with Crippen LogP contribution < -0.4 is 0 Å². The van der Waals surface area contributed by atoms with Crippen LogP contribution in [0.5, 0.6) is 0 Å². The SMILES string of the molecule is C=CCC(CC1CCN(OC(=O)c2ccccc2)CC1)C(=O)O. The van der Waals surface area contributed by atoms with Crippen molar-refractivity contribution in [2.24, 2.45) is 11.8 Å². The molecule has 5 nitrogen and oxygen atoms in total. The number of carbonyl (C=O) groups excluding carboxylic acids is 1. The first-order chi connectivity index (χ1) is 11.1. The Bertz CT molecular complexity index is 535. The van der Waals surface area contributed by atoms with Crippen molar-refractivity contribution in [1.82, 2.24) is 5.06 Å². The van der Waals surface area contributed by atoms with E-state index in [0.717, 1.165) is 12.8 Å². The Hall–Kier alpha value is -2.14. The van der Waals surface area contributed by atoms with Crippen LogP contribution in [0.25, 0.3) is 0 Å². The fourth-order valence-corrected chi connectivity index (χ4v) is 2.88. The molecule has 1 atom stereocenters. The van der Waals surface area contributed by atoms with E-state index in [1.54, 1.807) is 35.4 Å². The van der Waals surface area contributed by atoms with Crippen LogP contribution in [0.2, 0.25) is 0 Å². The van der Waals surface area contributed by atoms with Crippen LogP contribution in [0.3, 0.4) is 0 Å². The summed E-state index contributed by atoms with van der Waals surface area (Å²) in [5.41, 5.74) is 0.534. The summed E-state index contributed by atoms with van der Waals surface area (Å²) in [4.78, 5) is 28.6. The van der Waals surface area contributed by atoms with Crippen LogP contribution >= 0.6 is 0 Å². The number of allylic oxidation sites excluding steroid dienone is 1. The predicted molar refractivity (Wildman–Crippen MR) is 86.7 cm³/mol. The number of hydrogen-bond acceptors (Lipinski definition) is 4. The van der Waals surface area contributed by atoms with Gasteiger partial charge < -0.3 is 9.94 Å². The molecule has 1 aromatic carbocycles. The van der Waals surface area contributed by atoms with E-state index >= 15 is 0 Å². The zero-order chi connectivity index (χ0) is 16.7. The molecule has 0 aromatic heterocycles. The summed E-state index contributed by atoms with van der Waals surface area (Å²) in [7, 11) is 0. The van der Waals surface area contributed by atoms with Crippen LogP contribution in [0.4, 0.5) is 0 Å². The number of nitrogens with zero attached hydrogens (tertiary/aromatic N) is 1. The summed E-state index contributed by atoms with van der Waals surface area (Å²) in [5, 5.41) is 10.9. The third kappa shape index (κ3) is 5.21. The highest BCUT2D eigenvalue weighted by molar-refractivity contribution is 5.89. The molecule has 1 aromatic rings. The van der Waals surface area contributed by atoms with Gasteiger partial charge in [-0.15, -0.1) is 11.6 Å². The number of carboxylic acid groups (broad SMARTS) is 1. The van der Waals surface area contributed by atoms with E-state index < -0.39 is 5.97 Å². The maximum absolute atomic E-state index is 12.0. The Morgan fingerprint density at radius 3 is 2.52 bits per heavy atom. The second-order valence-electron chi connectivity index (χ2n) is 5.91. The lowest BCUT2D eigenvalue weighted by Gasteiger charge is -2.31. The molecule has 5 heteroatoms. The van der Waals surface area contributed by atoms with Gasteiger partial charge in [0.15, 0.2) is 0 Å². The van der Waals surface area contributed by atoms with Crippen molar-refractivity contribution in [2.45, 2.75) is 25.7 Å². The molecule has 124 valence electrons. The zero-order valence-corrected chi connectivity index (χ0v) is 13.2. The van der Waals surface area contributed by atoms with Crippen LogP contribution in [-0.2, 0) is 9.63 Å². The van der Waals surface area contributed by atoms with E-state index in [4.69, 9.17) is 4.84 Å². The van der Waals surface area contributed by atoms with E-state index in [-0.39, 0.29) is 11.9 Å². The molecule has 0 saturated carbocycles. The number of carboxylic acids is 1. The fraction of sp³-hybridized carbons (Fsp3) is 0.444. The van der Waals surface area contributed by atoms with E-state index in [1.165, 1.54) is 0 Å². The van der Waals surface area contributed by atoms with Crippen molar-refractivity contribution in [3.8, 4) is 0 Å². The Labute approximate surface area is 136 Å². The Kier molecular flexibility index (Phi) is 6.35. The molecule has 1 aliphatic rings. The minimum atomic E-state index is -0.761. The fourth-order valence-electron chi connectivity index (χ4n) is 2.88. The van der Waals surface area contributed by atoms with Crippen molar-refractivity contribution in [3.05, 3.63) is 48.6 Å². The summed E-state index contributed by atoms with van der Waals surface area (Å²) < 4.78 is 0. The van der Waals surface area contributed by atoms with Gasteiger partial charge in [0.1, 0.15) is 0 Å². The average Bonchev–Trinajstić information content (AvgIpc) is 2.57. The first kappa shape index (κ1) is 17.2. The Morgan fingerprint density at radius 2 is 1.96 bits per heavy atom. The number of carbonyl (C=O) groups is 2. The monoisotopic (exact) mass is 317 g/mol. The molecular weight excluding hydrogens is 294 g/mol. The van der Waals surface area contributed by atoms with E-state index in [1.807, 2.05) is 6.07 Å². The molecule has 1 heterocycles. The molecule has 2 rings (SSSR count). The van der Waals surface area contributed by atoms with Gasteiger partial charge >= 0.3 is 11.9 Å². The van der Waals surface area contributed by atoms with Crippen molar-refractivity contribution in [1.29, 1.82) is 0 Å². The summed E-state index contributed by atoms with van der Waals surface area (Å²) in [6.45, 7) is 4.91. The van der Waals surface area contributed by atoms with Crippen LogP contribution in [0.1, 0.15) is 36.0 Å². The largest absolute Gasteiger partial charge is 0.481 e. The molecule has 0 bridgehead atoms. The minimum absolute atomic E-state index is 0.348. The van der Waals surface area contributed by atoms with Gasteiger partial charge in [-0.25, -0.2) is 4.79 Å². The average molecular weight is 317 g/mol. The standard InChI is InChI=1S/C18H23NO4/c1-2-6-16(17(20)21)13-14-9-11-19(12-10-14)23-18(22)15-7-4-3-5-8-15/h2-5,7-8,14,16H,1,6,9-13H2,(H,20,21). The quantitative estimate of drug-likeness (QED) is 0.783. The van der Waals surface area contributed by atoms with Gasteiger partial charge in [0, 0.05) is 13.1 Å². The molecular formula is C18H23NO4. The topological polar surface area (TPSA) is 66.8 Å². The van der Waals surface area contributed by atoms with E-state index in [9.17, 15) is 14.7 Å². The van der Waals surface area contributed by atoms with Gasteiger partial charge in [-0.05, 0) is 43.7 Å². The van der Waals surface area contributed by atoms with Crippen molar-refractivity contribution in [3.63, 3.8) is 0 Å². The van der Waals surface area contributed by atoms with Crippen LogP contribution in [0, 0.1) is 11.8 Å². The van der Waals surface area contributed by atoms with Crippen molar-refractivity contribution < 1.29 is 19.5 Å². The molecule has 1 aliphatic heterocycles. The molecule has 1 N–H and O–H groups in total. The highest BCUT2D eigenvalue weighted by Crippen LogP contribution is 2.26. The molecule has 0 amide bonds. The van der Waals surface area contributed by atoms with Gasteiger partial charge in [0.2, 0.25) is 0 Å². The van der Waals surface area contributed by atoms with Gasteiger partial charge in [-0.3, -0.25) is 4.79 Å². The Balaban J connectivity index is 1.78. The third-order valence-corrected chi connectivity index (χ3v) is 4.21. The van der Waals surface area contributed by atoms with Crippen molar-refractivity contribution in [2.75, 3.05) is 13.1 Å². The van der Waals surface area contributed by atoms with Gasteiger partial charge in [-0.1, -0.05) is 24.3 Å². The lowest BCUT2D eigenvalue weighted by molar-refractivity contribution is -0.143. The Morgan fingerprint density at radius 1 is 1.30 bits per heavy atom. The highest BCUT2D eigenvalue weighted by Gasteiger charge is 2.26. The normalized spacial score (nSPS) is 17.4. The lowest BCUT2D eigenvalue weighted by atomic mass is 9.86.